The lowest BCUT2D eigenvalue weighted by atomic mass is 10.0. The highest BCUT2D eigenvalue weighted by molar-refractivity contribution is 5.90. The monoisotopic (exact) mass is 494 g/mol. The third-order valence-electron chi connectivity index (χ3n) is 7.83. The van der Waals surface area contributed by atoms with E-state index in [9.17, 15) is 0 Å². The molecular formula is C32H26N6. The molecule has 0 saturated carbocycles. The first-order valence-electron chi connectivity index (χ1n) is 13.0. The predicted octanol–water partition coefficient (Wildman–Crippen LogP) is 5.70. The average molecular weight is 495 g/mol. The first-order valence-corrected chi connectivity index (χ1v) is 13.0. The summed E-state index contributed by atoms with van der Waals surface area (Å²) in [6.07, 6.45) is 16.5. The van der Waals surface area contributed by atoms with Crippen molar-refractivity contribution in [3.05, 3.63) is 119 Å². The van der Waals surface area contributed by atoms with Crippen LogP contribution in [0, 0.1) is 0 Å². The Morgan fingerprint density at radius 2 is 1.16 bits per heavy atom. The zero-order valence-electron chi connectivity index (χ0n) is 20.8. The Labute approximate surface area is 220 Å². The molecule has 3 aliphatic heterocycles. The molecule has 38 heavy (non-hydrogen) atoms. The number of nitrogens with one attached hydrogen (secondary N) is 3. The molecule has 5 aromatic rings. The van der Waals surface area contributed by atoms with Crippen molar-refractivity contribution in [3.63, 3.8) is 0 Å². The lowest BCUT2D eigenvalue weighted by Crippen LogP contribution is -2.14. The summed E-state index contributed by atoms with van der Waals surface area (Å²) in [6.45, 7) is 2.52. The quantitative estimate of drug-likeness (QED) is 0.301. The molecule has 3 N–H and O–H groups in total. The number of nitrogens with zero attached hydrogens (tertiary/aromatic N) is 3. The number of fused-ring (bicyclic) bond motifs is 6. The van der Waals surface area contributed by atoms with Crippen LogP contribution in [0.1, 0.15) is 33.8 Å². The standard InChI is InChI=1S/C32H26N6/c1-3-21(15-23(5-1)37-29-7-11-33-17-25(29)26-18-34-12-8-30(26)37)22-4-2-6-24(16-22)38-31-9-13-35-19-27(31)28-20-36-14-10-32(28)38/h1-17,34-36H,18-20H2. The van der Waals surface area contributed by atoms with Crippen LogP contribution in [0.15, 0.2) is 85.6 Å². The smallest absolute Gasteiger partial charge is 0.0569 e. The molecule has 6 nitrogen and oxygen atoms in total. The summed E-state index contributed by atoms with van der Waals surface area (Å²) >= 11 is 0. The van der Waals surface area contributed by atoms with Gasteiger partial charge in [0.1, 0.15) is 0 Å². The normalized spacial score (nSPS) is 14.8. The van der Waals surface area contributed by atoms with Crippen LogP contribution in [0.4, 0.5) is 0 Å². The molecular weight excluding hydrogens is 468 g/mol. The minimum atomic E-state index is 0.808. The van der Waals surface area contributed by atoms with Gasteiger partial charge < -0.3 is 25.1 Å². The maximum Gasteiger partial charge on any atom is 0.0569 e. The largest absolute Gasteiger partial charge is 0.387 e. The Kier molecular flexibility index (Phi) is 4.61. The Morgan fingerprint density at radius 3 is 1.79 bits per heavy atom. The minimum Gasteiger partial charge on any atom is -0.387 e. The third kappa shape index (κ3) is 3.10. The van der Waals surface area contributed by atoms with Crippen molar-refractivity contribution in [1.82, 2.24) is 30.1 Å². The Balaban J connectivity index is 1.27. The molecule has 0 radical (unpaired) electrons. The van der Waals surface area contributed by atoms with E-state index >= 15 is 0 Å². The average Bonchev–Trinajstić information content (AvgIpc) is 3.51. The van der Waals surface area contributed by atoms with Gasteiger partial charge in [0.25, 0.3) is 0 Å². The number of aromatic nitrogens is 3. The fourth-order valence-corrected chi connectivity index (χ4v) is 6.13. The molecule has 0 saturated heterocycles. The van der Waals surface area contributed by atoms with E-state index in [1.807, 2.05) is 18.6 Å². The van der Waals surface area contributed by atoms with Gasteiger partial charge in [-0.3, -0.25) is 4.98 Å². The van der Waals surface area contributed by atoms with Gasteiger partial charge in [-0.1, -0.05) is 24.3 Å². The van der Waals surface area contributed by atoms with Crippen molar-refractivity contribution in [1.29, 1.82) is 0 Å². The molecule has 0 unspecified atom stereocenters. The van der Waals surface area contributed by atoms with E-state index in [0.29, 0.717) is 0 Å². The predicted molar refractivity (Wildman–Crippen MR) is 153 cm³/mol. The van der Waals surface area contributed by atoms with Crippen LogP contribution < -0.4 is 16.0 Å². The SMILES string of the molecule is C1=Cc2c(c3c(n2-c2cccc(-c4cccc(-n5c6c(c7cnccc75)CNC=C6)c4)c2)C=CNC3)CN1. The number of hydrogen-bond acceptors (Lipinski definition) is 4. The molecule has 0 fully saturated rings. The maximum absolute atomic E-state index is 4.40. The fraction of sp³-hybridized carbons (Fsp3) is 0.0938. The van der Waals surface area contributed by atoms with E-state index in [1.54, 1.807) is 0 Å². The molecule has 8 rings (SSSR count). The van der Waals surface area contributed by atoms with E-state index in [4.69, 9.17) is 0 Å². The molecule has 184 valence electrons. The van der Waals surface area contributed by atoms with Gasteiger partial charge in [-0.2, -0.15) is 0 Å². The van der Waals surface area contributed by atoms with Crippen LogP contribution in [0.25, 0.3) is 51.6 Å². The van der Waals surface area contributed by atoms with E-state index in [1.165, 1.54) is 61.5 Å². The van der Waals surface area contributed by atoms with Gasteiger partial charge in [-0.25, -0.2) is 0 Å². The van der Waals surface area contributed by atoms with Gasteiger partial charge in [0.2, 0.25) is 0 Å². The van der Waals surface area contributed by atoms with Crippen LogP contribution in [0.2, 0.25) is 0 Å². The van der Waals surface area contributed by atoms with Crippen LogP contribution in [-0.2, 0) is 19.6 Å². The van der Waals surface area contributed by atoms with E-state index in [2.05, 4.69) is 115 Å². The van der Waals surface area contributed by atoms with Crippen molar-refractivity contribution in [2.24, 2.45) is 0 Å². The van der Waals surface area contributed by atoms with E-state index in [-0.39, 0.29) is 0 Å². The minimum absolute atomic E-state index is 0.808. The highest BCUT2D eigenvalue weighted by Crippen LogP contribution is 2.35. The summed E-state index contributed by atoms with van der Waals surface area (Å²) in [6, 6.07) is 19.8. The maximum atomic E-state index is 4.40. The lowest BCUT2D eigenvalue weighted by Gasteiger charge is -2.16. The van der Waals surface area contributed by atoms with Gasteiger partial charge in [0.05, 0.1) is 22.6 Å². The Bertz CT molecular complexity index is 1790. The van der Waals surface area contributed by atoms with Gasteiger partial charge in [-0.05, 0) is 78.3 Å². The summed E-state index contributed by atoms with van der Waals surface area (Å²) < 4.78 is 4.75. The van der Waals surface area contributed by atoms with Gasteiger partial charge >= 0.3 is 0 Å². The zero-order valence-corrected chi connectivity index (χ0v) is 20.8. The summed E-state index contributed by atoms with van der Waals surface area (Å²) in [5, 5.41) is 11.3. The summed E-state index contributed by atoms with van der Waals surface area (Å²) in [7, 11) is 0. The summed E-state index contributed by atoms with van der Waals surface area (Å²) in [5.74, 6) is 0. The second kappa shape index (κ2) is 8.28. The number of rotatable bonds is 3. The van der Waals surface area contributed by atoms with E-state index < -0.39 is 0 Å². The summed E-state index contributed by atoms with van der Waals surface area (Å²) in [4.78, 5) is 4.40. The van der Waals surface area contributed by atoms with Crippen LogP contribution in [0.3, 0.4) is 0 Å². The fourth-order valence-electron chi connectivity index (χ4n) is 6.13. The van der Waals surface area contributed by atoms with E-state index in [0.717, 1.165) is 25.3 Å². The van der Waals surface area contributed by atoms with Crippen LogP contribution >= 0.6 is 0 Å². The highest BCUT2D eigenvalue weighted by atomic mass is 15.0. The third-order valence-corrected chi connectivity index (χ3v) is 7.83. The zero-order chi connectivity index (χ0) is 25.1. The molecule has 0 atom stereocenters. The molecule has 6 heteroatoms. The number of benzene rings is 2. The molecule has 0 aliphatic carbocycles. The van der Waals surface area contributed by atoms with Crippen molar-refractivity contribution < 1.29 is 0 Å². The molecule has 6 heterocycles. The Morgan fingerprint density at radius 1 is 0.605 bits per heavy atom. The molecule has 3 aliphatic rings. The van der Waals surface area contributed by atoms with Crippen LogP contribution in [-0.4, -0.2) is 14.1 Å². The topological polar surface area (TPSA) is 58.8 Å². The second-order valence-corrected chi connectivity index (χ2v) is 9.90. The van der Waals surface area contributed by atoms with Crippen molar-refractivity contribution >= 4 is 29.1 Å². The second-order valence-electron chi connectivity index (χ2n) is 9.90. The highest BCUT2D eigenvalue weighted by Gasteiger charge is 2.24. The van der Waals surface area contributed by atoms with Crippen LogP contribution in [0.5, 0.6) is 0 Å². The summed E-state index contributed by atoms with van der Waals surface area (Å²) in [5.41, 5.74) is 13.6. The molecule has 0 amide bonds. The van der Waals surface area contributed by atoms with Gasteiger partial charge in [-0.15, -0.1) is 0 Å². The first kappa shape index (κ1) is 21.1. The molecule has 0 bridgehead atoms. The Hall–Kier alpha value is -4.97. The lowest BCUT2D eigenvalue weighted by molar-refractivity contribution is 0.807. The van der Waals surface area contributed by atoms with Gasteiger partial charge in [0, 0.05) is 65.5 Å². The van der Waals surface area contributed by atoms with Crippen molar-refractivity contribution in [2.75, 3.05) is 0 Å². The van der Waals surface area contributed by atoms with Crippen molar-refractivity contribution in [3.8, 4) is 22.5 Å². The molecule has 2 aromatic carbocycles. The van der Waals surface area contributed by atoms with Gasteiger partial charge in [0.15, 0.2) is 0 Å². The first-order chi connectivity index (χ1) is 18.9. The number of pyridine rings is 1. The molecule has 0 spiro atoms. The van der Waals surface area contributed by atoms with Crippen molar-refractivity contribution in [2.45, 2.75) is 19.6 Å². The molecule has 3 aromatic heterocycles. The number of hydrogen-bond donors (Lipinski definition) is 3.